The number of likely N-dealkylation sites (tertiary alicyclic amines) is 2. The van der Waals surface area contributed by atoms with Crippen LogP contribution in [-0.2, 0) is 23.2 Å². The number of rotatable bonds is 5. The predicted molar refractivity (Wildman–Crippen MR) is 119 cm³/mol. The van der Waals surface area contributed by atoms with E-state index in [4.69, 9.17) is 9.72 Å². The molecule has 11 heteroatoms. The maximum absolute atomic E-state index is 12.9. The Morgan fingerprint density at radius 1 is 1.24 bits per heavy atom. The van der Waals surface area contributed by atoms with Crippen molar-refractivity contribution in [2.45, 2.75) is 39.3 Å². The van der Waals surface area contributed by atoms with Crippen LogP contribution in [0.5, 0.6) is 5.88 Å². The Bertz CT molecular complexity index is 1230. The second-order valence-corrected chi connectivity index (χ2v) is 8.79. The van der Waals surface area contributed by atoms with Crippen LogP contribution in [0.4, 0.5) is 0 Å². The van der Waals surface area contributed by atoms with Crippen molar-refractivity contribution < 1.29 is 14.3 Å². The van der Waals surface area contributed by atoms with E-state index in [1.807, 2.05) is 29.4 Å². The lowest BCUT2D eigenvalue weighted by molar-refractivity contribution is -0.135. The van der Waals surface area contributed by atoms with Gasteiger partial charge in [-0.1, -0.05) is 0 Å². The fourth-order valence-corrected chi connectivity index (χ4v) is 4.76. The van der Waals surface area contributed by atoms with Crippen LogP contribution >= 0.6 is 0 Å². The fourth-order valence-electron chi connectivity index (χ4n) is 4.76. The van der Waals surface area contributed by atoms with E-state index >= 15 is 0 Å². The van der Waals surface area contributed by atoms with Gasteiger partial charge in [-0.3, -0.25) is 14.3 Å². The van der Waals surface area contributed by atoms with Crippen molar-refractivity contribution in [2.75, 3.05) is 26.7 Å². The zero-order chi connectivity index (χ0) is 23.3. The maximum Gasteiger partial charge on any atom is 0.245 e. The highest BCUT2D eigenvalue weighted by molar-refractivity contribution is 5.89. The van der Waals surface area contributed by atoms with Crippen molar-refractivity contribution >= 4 is 23.0 Å². The number of carbonyl (C=O) groups is 2. The molecule has 0 bridgehead atoms. The van der Waals surface area contributed by atoms with E-state index in [9.17, 15) is 9.59 Å². The summed E-state index contributed by atoms with van der Waals surface area (Å²) in [7, 11) is 3.65. The van der Waals surface area contributed by atoms with Crippen molar-refractivity contribution in [2.24, 2.45) is 13.0 Å². The van der Waals surface area contributed by atoms with E-state index in [1.54, 1.807) is 16.8 Å². The van der Waals surface area contributed by atoms with Crippen molar-refractivity contribution in [1.82, 2.24) is 39.1 Å². The first-order valence-electron chi connectivity index (χ1n) is 11.3. The zero-order valence-electron chi connectivity index (χ0n) is 19.4. The second kappa shape index (κ2) is 8.13. The van der Waals surface area contributed by atoms with E-state index in [0.29, 0.717) is 43.1 Å². The largest absolute Gasteiger partial charge is 0.471 e. The third-order valence-electron chi connectivity index (χ3n) is 6.69. The van der Waals surface area contributed by atoms with Gasteiger partial charge in [0.1, 0.15) is 18.3 Å². The SMILES string of the molecule is CCn1ncc(-c2nc3c(O[C@H]4CCN(C(=O)C5CC(=O)N(C)C5)C4)ncnc3n2C)c1C. The molecule has 2 amide bonds. The van der Waals surface area contributed by atoms with Gasteiger partial charge in [-0.15, -0.1) is 0 Å². The monoisotopic (exact) mass is 452 g/mol. The number of fused-ring (bicyclic) bond motifs is 1. The van der Waals surface area contributed by atoms with Gasteiger partial charge < -0.3 is 19.1 Å². The Balaban J connectivity index is 1.35. The second-order valence-electron chi connectivity index (χ2n) is 8.79. The summed E-state index contributed by atoms with van der Waals surface area (Å²) in [5, 5.41) is 4.43. The number of amides is 2. The quantitative estimate of drug-likeness (QED) is 0.568. The molecule has 0 N–H and O–H groups in total. The molecular formula is C22H28N8O3. The molecule has 33 heavy (non-hydrogen) atoms. The molecule has 174 valence electrons. The Hall–Kier alpha value is -3.50. The van der Waals surface area contributed by atoms with Gasteiger partial charge in [-0.05, 0) is 13.8 Å². The van der Waals surface area contributed by atoms with Crippen molar-refractivity contribution in [3.05, 3.63) is 18.2 Å². The summed E-state index contributed by atoms with van der Waals surface area (Å²) >= 11 is 0. The normalized spacial score (nSPS) is 20.9. The lowest BCUT2D eigenvalue weighted by Gasteiger charge is -2.20. The molecule has 2 aliphatic rings. The number of hydrogen-bond donors (Lipinski definition) is 0. The molecule has 3 aromatic rings. The van der Waals surface area contributed by atoms with Gasteiger partial charge in [0.05, 0.1) is 24.2 Å². The highest BCUT2D eigenvalue weighted by atomic mass is 16.5. The molecule has 1 unspecified atom stereocenters. The van der Waals surface area contributed by atoms with Crippen LogP contribution in [0.25, 0.3) is 22.6 Å². The number of hydrogen-bond acceptors (Lipinski definition) is 7. The summed E-state index contributed by atoms with van der Waals surface area (Å²) in [6.07, 6.45) is 4.10. The number of aromatic nitrogens is 6. The minimum Gasteiger partial charge on any atom is -0.471 e. The van der Waals surface area contributed by atoms with Gasteiger partial charge >= 0.3 is 0 Å². The molecule has 2 fully saturated rings. The van der Waals surface area contributed by atoms with E-state index in [0.717, 1.165) is 23.6 Å². The van der Waals surface area contributed by atoms with Crippen LogP contribution in [0.3, 0.4) is 0 Å². The third kappa shape index (κ3) is 3.61. The molecule has 2 atom stereocenters. The standard InChI is InChI=1S/C22H28N8O3/c1-5-30-13(2)16(9-25-30)19-26-18-20(28(19)4)23-12-24-21(18)33-15-6-7-29(11-15)22(32)14-8-17(31)27(3)10-14/h9,12,14-15H,5-8,10-11H2,1-4H3/t14?,15-/m0/s1. The number of aryl methyl sites for hydroxylation is 2. The number of nitrogens with zero attached hydrogens (tertiary/aromatic N) is 8. The molecule has 0 spiro atoms. The van der Waals surface area contributed by atoms with Crippen LogP contribution in [-0.4, -0.2) is 83.7 Å². The average Bonchev–Trinajstić information content (AvgIpc) is 3.56. The summed E-state index contributed by atoms with van der Waals surface area (Å²) in [5.41, 5.74) is 3.24. The van der Waals surface area contributed by atoms with E-state index in [1.165, 1.54) is 6.33 Å². The Labute approximate surface area is 191 Å². The summed E-state index contributed by atoms with van der Waals surface area (Å²) in [6.45, 7) is 6.42. The van der Waals surface area contributed by atoms with E-state index in [-0.39, 0.29) is 30.3 Å². The first-order chi connectivity index (χ1) is 15.9. The van der Waals surface area contributed by atoms with E-state index < -0.39 is 0 Å². The Morgan fingerprint density at radius 2 is 2.06 bits per heavy atom. The number of ether oxygens (including phenoxy) is 1. The zero-order valence-corrected chi connectivity index (χ0v) is 19.4. The molecule has 0 radical (unpaired) electrons. The van der Waals surface area contributed by atoms with Crippen LogP contribution < -0.4 is 4.74 Å². The maximum atomic E-state index is 12.9. The van der Waals surface area contributed by atoms with Crippen LogP contribution in [0, 0.1) is 12.8 Å². The molecule has 2 aliphatic heterocycles. The van der Waals surface area contributed by atoms with Crippen LogP contribution in [0.15, 0.2) is 12.5 Å². The summed E-state index contributed by atoms with van der Waals surface area (Å²) in [4.78, 5) is 41.6. The molecular weight excluding hydrogens is 424 g/mol. The smallest absolute Gasteiger partial charge is 0.245 e. The van der Waals surface area contributed by atoms with Crippen LogP contribution in [0.1, 0.15) is 25.5 Å². The summed E-state index contributed by atoms with van der Waals surface area (Å²) in [5.74, 6) is 0.949. The molecule has 11 nitrogen and oxygen atoms in total. The lowest BCUT2D eigenvalue weighted by atomic mass is 10.1. The van der Waals surface area contributed by atoms with Crippen molar-refractivity contribution in [3.63, 3.8) is 0 Å². The fraction of sp³-hybridized carbons (Fsp3) is 0.545. The van der Waals surface area contributed by atoms with Gasteiger partial charge in [0, 0.05) is 52.3 Å². The highest BCUT2D eigenvalue weighted by Crippen LogP contribution is 2.30. The predicted octanol–water partition coefficient (Wildman–Crippen LogP) is 1.01. The molecule has 5 heterocycles. The minimum atomic E-state index is -0.266. The average molecular weight is 453 g/mol. The van der Waals surface area contributed by atoms with E-state index in [2.05, 4.69) is 22.0 Å². The summed E-state index contributed by atoms with van der Waals surface area (Å²) < 4.78 is 10.1. The molecule has 3 aromatic heterocycles. The Morgan fingerprint density at radius 3 is 2.76 bits per heavy atom. The van der Waals surface area contributed by atoms with Gasteiger partial charge in [0.2, 0.25) is 17.7 Å². The van der Waals surface area contributed by atoms with Gasteiger partial charge in [0.25, 0.3) is 0 Å². The van der Waals surface area contributed by atoms with Crippen molar-refractivity contribution in [3.8, 4) is 17.3 Å². The van der Waals surface area contributed by atoms with Crippen LogP contribution in [0.2, 0.25) is 0 Å². The van der Waals surface area contributed by atoms with Gasteiger partial charge in [-0.25, -0.2) is 9.97 Å². The molecule has 5 rings (SSSR count). The molecule has 0 aromatic carbocycles. The number of carbonyl (C=O) groups excluding carboxylic acids is 2. The molecule has 0 aliphatic carbocycles. The highest BCUT2D eigenvalue weighted by Gasteiger charge is 2.38. The topological polar surface area (TPSA) is 111 Å². The van der Waals surface area contributed by atoms with Crippen molar-refractivity contribution in [1.29, 1.82) is 0 Å². The lowest BCUT2D eigenvalue weighted by Crippen LogP contribution is -2.36. The Kier molecular flexibility index (Phi) is 5.26. The third-order valence-corrected chi connectivity index (χ3v) is 6.69. The first kappa shape index (κ1) is 21.4. The molecule has 0 saturated carbocycles. The minimum absolute atomic E-state index is 0.0226. The van der Waals surface area contributed by atoms with Gasteiger partial charge in [0.15, 0.2) is 11.2 Å². The summed E-state index contributed by atoms with van der Waals surface area (Å²) in [6, 6.07) is 0. The van der Waals surface area contributed by atoms with Gasteiger partial charge in [-0.2, -0.15) is 10.1 Å². The number of imidazole rings is 1. The first-order valence-corrected chi connectivity index (χ1v) is 11.3. The molecule has 2 saturated heterocycles.